The number of nitrogens with one attached hydrogen (secondary N) is 2. The molecule has 0 aromatic heterocycles. The SMILES string of the molecule is CC(C)(CCc1ccccc1)NC(=O)CC1CSCCN1.Cl. The molecule has 1 saturated heterocycles. The summed E-state index contributed by atoms with van der Waals surface area (Å²) in [4.78, 5) is 12.2. The molecule has 1 amide bonds. The van der Waals surface area contributed by atoms with Gasteiger partial charge in [0.15, 0.2) is 0 Å². The zero-order valence-electron chi connectivity index (χ0n) is 13.4. The number of carbonyl (C=O) groups excluding carboxylic acids is 1. The van der Waals surface area contributed by atoms with Gasteiger partial charge in [0.2, 0.25) is 5.91 Å². The van der Waals surface area contributed by atoms with E-state index in [2.05, 4.69) is 48.7 Å². The van der Waals surface area contributed by atoms with Crippen LogP contribution in [0.25, 0.3) is 0 Å². The lowest BCUT2D eigenvalue weighted by atomic mass is 9.95. The highest BCUT2D eigenvalue weighted by atomic mass is 35.5. The van der Waals surface area contributed by atoms with Crippen molar-refractivity contribution in [1.29, 1.82) is 0 Å². The topological polar surface area (TPSA) is 41.1 Å². The number of hydrogen-bond donors (Lipinski definition) is 2. The van der Waals surface area contributed by atoms with Crippen LogP contribution in [0.1, 0.15) is 32.3 Å². The van der Waals surface area contributed by atoms with Crippen LogP contribution in [0.15, 0.2) is 30.3 Å². The average Bonchev–Trinajstić information content (AvgIpc) is 2.47. The average molecular weight is 343 g/mol. The Labute approximate surface area is 144 Å². The molecule has 1 aliphatic heterocycles. The van der Waals surface area contributed by atoms with Crippen LogP contribution in [0.2, 0.25) is 0 Å². The summed E-state index contributed by atoms with van der Waals surface area (Å²) in [5.74, 6) is 2.35. The van der Waals surface area contributed by atoms with Crippen molar-refractivity contribution in [2.75, 3.05) is 18.1 Å². The lowest BCUT2D eigenvalue weighted by Crippen LogP contribution is -2.47. The molecule has 0 radical (unpaired) electrons. The monoisotopic (exact) mass is 342 g/mol. The summed E-state index contributed by atoms with van der Waals surface area (Å²) in [7, 11) is 0. The first-order valence-electron chi connectivity index (χ1n) is 7.71. The van der Waals surface area contributed by atoms with Crippen LogP contribution in [-0.4, -0.2) is 35.5 Å². The van der Waals surface area contributed by atoms with Crippen molar-refractivity contribution >= 4 is 30.1 Å². The first kappa shape index (κ1) is 19.3. The van der Waals surface area contributed by atoms with Gasteiger partial charge in [0.1, 0.15) is 0 Å². The minimum Gasteiger partial charge on any atom is -0.351 e. The number of rotatable bonds is 6. The summed E-state index contributed by atoms with van der Waals surface area (Å²) in [6.07, 6.45) is 2.53. The fourth-order valence-electron chi connectivity index (χ4n) is 2.57. The fourth-order valence-corrected chi connectivity index (χ4v) is 3.52. The van der Waals surface area contributed by atoms with Crippen LogP contribution in [0, 0.1) is 0 Å². The van der Waals surface area contributed by atoms with Gasteiger partial charge in [0.25, 0.3) is 0 Å². The molecule has 2 rings (SSSR count). The third-order valence-corrected chi connectivity index (χ3v) is 4.92. The maximum absolute atomic E-state index is 12.2. The van der Waals surface area contributed by atoms with Crippen molar-refractivity contribution < 1.29 is 4.79 Å². The third kappa shape index (κ3) is 7.03. The lowest BCUT2D eigenvalue weighted by Gasteiger charge is -2.29. The number of carbonyl (C=O) groups is 1. The largest absolute Gasteiger partial charge is 0.351 e. The number of thioether (sulfide) groups is 1. The Morgan fingerprint density at radius 3 is 2.73 bits per heavy atom. The van der Waals surface area contributed by atoms with E-state index in [-0.39, 0.29) is 23.9 Å². The molecule has 1 unspecified atom stereocenters. The summed E-state index contributed by atoms with van der Waals surface area (Å²) in [6.45, 7) is 5.23. The Morgan fingerprint density at radius 2 is 2.09 bits per heavy atom. The van der Waals surface area contributed by atoms with Gasteiger partial charge < -0.3 is 10.6 Å². The third-order valence-electron chi connectivity index (χ3n) is 3.79. The molecule has 0 spiro atoms. The highest BCUT2D eigenvalue weighted by Gasteiger charge is 2.23. The van der Waals surface area contributed by atoms with E-state index in [0.717, 1.165) is 30.9 Å². The Balaban J connectivity index is 0.00000242. The molecular formula is C17H27ClN2OS. The quantitative estimate of drug-likeness (QED) is 0.835. The van der Waals surface area contributed by atoms with Gasteiger partial charge in [-0.15, -0.1) is 12.4 Å². The van der Waals surface area contributed by atoms with Crippen LogP contribution >= 0.6 is 24.2 Å². The van der Waals surface area contributed by atoms with Gasteiger partial charge >= 0.3 is 0 Å². The van der Waals surface area contributed by atoms with Crippen molar-refractivity contribution in [3.8, 4) is 0 Å². The van der Waals surface area contributed by atoms with Crippen LogP contribution in [-0.2, 0) is 11.2 Å². The van der Waals surface area contributed by atoms with E-state index in [1.807, 2.05) is 17.8 Å². The zero-order chi connectivity index (χ0) is 15.1. The first-order valence-corrected chi connectivity index (χ1v) is 8.87. The molecule has 1 aliphatic rings. The molecule has 0 bridgehead atoms. The molecule has 1 atom stereocenters. The van der Waals surface area contributed by atoms with E-state index >= 15 is 0 Å². The molecule has 124 valence electrons. The molecule has 3 nitrogen and oxygen atoms in total. The van der Waals surface area contributed by atoms with Crippen molar-refractivity contribution in [3.05, 3.63) is 35.9 Å². The van der Waals surface area contributed by atoms with Crippen LogP contribution in [0.3, 0.4) is 0 Å². The van der Waals surface area contributed by atoms with Crippen molar-refractivity contribution in [1.82, 2.24) is 10.6 Å². The number of amides is 1. The summed E-state index contributed by atoms with van der Waals surface area (Å²) >= 11 is 1.93. The maximum atomic E-state index is 12.2. The minimum absolute atomic E-state index is 0. The second-order valence-corrected chi connectivity index (χ2v) is 7.50. The van der Waals surface area contributed by atoms with Gasteiger partial charge in [-0.3, -0.25) is 4.79 Å². The minimum atomic E-state index is -0.158. The molecule has 0 saturated carbocycles. The Morgan fingerprint density at radius 1 is 1.36 bits per heavy atom. The molecular weight excluding hydrogens is 316 g/mol. The molecule has 0 aliphatic carbocycles. The van der Waals surface area contributed by atoms with Crippen molar-refractivity contribution in [3.63, 3.8) is 0 Å². The van der Waals surface area contributed by atoms with E-state index in [0.29, 0.717) is 12.5 Å². The van der Waals surface area contributed by atoms with E-state index in [9.17, 15) is 4.79 Å². The molecule has 5 heteroatoms. The maximum Gasteiger partial charge on any atom is 0.222 e. The predicted octanol–water partition coefficient (Wildman–Crippen LogP) is 3.03. The molecule has 1 heterocycles. The Bertz CT molecular complexity index is 447. The van der Waals surface area contributed by atoms with Gasteiger partial charge in [-0.2, -0.15) is 11.8 Å². The summed E-state index contributed by atoms with van der Waals surface area (Å²) < 4.78 is 0. The standard InChI is InChI=1S/C17H26N2OS.ClH/c1-17(2,9-8-14-6-4-3-5-7-14)19-16(20)12-15-13-21-11-10-18-15;/h3-7,15,18H,8-13H2,1-2H3,(H,19,20);1H. The predicted molar refractivity (Wildman–Crippen MR) is 98.0 cm³/mol. The molecule has 1 aromatic rings. The highest BCUT2D eigenvalue weighted by Crippen LogP contribution is 2.15. The number of hydrogen-bond acceptors (Lipinski definition) is 3. The smallest absolute Gasteiger partial charge is 0.222 e. The van der Waals surface area contributed by atoms with E-state index in [1.165, 1.54) is 5.56 Å². The first-order chi connectivity index (χ1) is 10.1. The van der Waals surface area contributed by atoms with Gasteiger partial charge in [0.05, 0.1) is 0 Å². The number of benzene rings is 1. The normalized spacial score (nSPS) is 18.4. The second kappa shape index (κ2) is 9.43. The Kier molecular flexibility index (Phi) is 8.29. The van der Waals surface area contributed by atoms with Gasteiger partial charge in [-0.05, 0) is 32.3 Å². The van der Waals surface area contributed by atoms with E-state index < -0.39 is 0 Å². The van der Waals surface area contributed by atoms with Gasteiger partial charge in [0, 0.05) is 36.1 Å². The van der Waals surface area contributed by atoms with E-state index in [1.54, 1.807) is 0 Å². The van der Waals surface area contributed by atoms with Crippen molar-refractivity contribution in [2.24, 2.45) is 0 Å². The number of halogens is 1. The van der Waals surface area contributed by atoms with Crippen LogP contribution in [0.5, 0.6) is 0 Å². The van der Waals surface area contributed by atoms with E-state index in [4.69, 9.17) is 0 Å². The highest BCUT2D eigenvalue weighted by molar-refractivity contribution is 7.99. The van der Waals surface area contributed by atoms with Crippen LogP contribution < -0.4 is 10.6 Å². The molecule has 2 N–H and O–H groups in total. The van der Waals surface area contributed by atoms with Crippen molar-refractivity contribution in [2.45, 2.75) is 44.7 Å². The fraction of sp³-hybridized carbons (Fsp3) is 0.588. The zero-order valence-corrected chi connectivity index (χ0v) is 15.1. The van der Waals surface area contributed by atoms with Gasteiger partial charge in [-0.25, -0.2) is 0 Å². The molecule has 22 heavy (non-hydrogen) atoms. The summed E-state index contributed by atoms with van der Waals surface area (Å²) in [6, 6.07) is 10.8. The molecule has 1 aromatic carbocycles. The lowest BCUT2D eigenvalue weighted by molar-refractivity contribution is -0.123. The Hall–Kier alpha value is -0.710. The summed E-state index contributed by atoms with van der Waals surface area (Å²) in [5, 5.41) is 6.60. The number of aryl methyl sites for hydroxylation is 1. The van der Waals surface area contributed by atoms with Crippen LogP contribution in [0.4, 0.5) is 0 Å². The molecule has 1 fully saturated rings. The summed E-state index contributed by atoms with van der Waals surface area (Å²) in [5.41, 5.74) is 1.17. The second-order valence-electron chi connectivity index (χ2n) is 6.35. The van der Waals surface area contributed by atoms with Gasteiger partial charge in [-0.1, -0.05) is 30.3 Å².